The molecule has 3 heterocycles. The molecule has 136 valence electrons. The zero-order valence-electron chi connectivity index (χ0n) is 15.2. The van der Waals surface area contributed by atoms with E-state index in [0.717, 1.165) is 54.5 Å². The maximum Gasteiger partial charge on any atom is 0.270 e. The Morgan fingerprint density at radius 3 is 2.74 bits per heavy atom. The van der Waals surface area contributed by atoms with Crippen molar-refractivity contribution in [2.75, 3.05) is 13.1 Å². The van der Waals surface area contributed by atoms with Crippen LogP contribution in [0.2, 0.25) is 0 Å². The molecule has 5 rings (SSSR count). The van der Waals surface area contributed by atoms with Gasteiger partial charge in [-0.1, -0.05) is 30.3 Å². The van der Waals surface area contributed by atoms with Crippen LogP contribution in [0.3, 0.4) is 0 Å². The van der Waals surface area contributed by atoms with E-state index in [-0.39, 0.29) is 5.91 Å². The summed E-state index contributed by atoms with van der Waals surface area (Å²) in [6.07, 6.45) is 3.23. The van der Waals surface area contributed by atoms with Gasteiger partial charge in [-0.2, -0.15) is 10.2 Å². The molecule has 1 fully saturated rings. The summed E-state index contributed by atoms with van der Waals surface area (Å²) in [5, 5.41) is 9.32. The van der Waals surface area contributed by atoms with Gasteiger partial charge < -0.3 is 9.88 Å². The smallest absolute Gasteiger partial charge is 0.270 e. The van der Waals surface area contributed by atoms with Crippen LogP contribution < -0.4 is 0 Å². The van der Waals surface area contributed by atoms with Gasteiger partial charge >= 0.3 is 0 Å². The van der Waals surface area contributed by atoms with Crippen molar-refractivity contribution in [2.45, 2.75) is 25.8 Å². The molecule has 1 saturated heterocycles. The molecular weight excluding hydrogens is 336 g/mol. The standard InChI is InChI=1S/C22H22N4O/c27-22(21-13-17-18-14-23-25-20(18)7-6-19(17)24-21)26-10-8-16(9-11-26)12-15-4-2-1-3-5-15/h1-7,13,16,24H,8-12,14H2. The van der Waals surface area contributed by atoms with Crippen LogP contribution in [-0.2, 0) is 13.0 Å². The van der Waals surface area contributed by atoms with Crippen LogP contribution in [0, 0.1) is 5.92 Å². The minimum absolute atomic E-state index is 0.102. The van der Waals surface area contributed by atoms with Crippen LogP contribution in [0.4, 0.5) is 5.69 Å². The summed E-state index contributed by atoms with van der Waals surface area (Å²) < 4.78 is 0. The monoisotopic (exact) mass is 358 g/mol. The number of nitrogens with zero attached hydrogens (tertiary/aromatic N) is 3. The van der Waals surface area contributed by atoms with Crippen molar-refractivity contribution in [3.05, 3.63) is 65.4 Å². The normalized spacial score (nSPS) is 16.8. The van der Waals surface area contributed by atoms with Crippen LogP contribution >= 0.6 is 0 Å². The molecule has 1 aromatic heterocycles. The maximum atomic E-state index is 13.0. The number of carbonyl (C=O) groups is 1. The van der Waals surface area contributed by atoms with Crippen molar-refractivity contribution in [1.29, 1.82) is 0 Å². The minimum atomic E-state index is 0.102. The summed E-state index contributed by atoms with van der Waals surface area (Å²) in [6, 6.07) is 16.6. The fraction of sp³-hybridized carbons (Fsp3) is 0.318. The van der Waals surface area contributed by atoms with Gasteiger partial charge in [0.2, 0.25) is 0 Å². The Labute approximate surface area is 158 Å². The Bertz CT molecular complexity index is 1010. The topological polar surface area (TPSA) is 60.8 Å². The maximum absolute atomic E-state index is 13.0. The number of H-pyrrole nitrogens is 1. The molecule has 5 nitrogen and oxygen atoms in total. The van der Waals surface area contributed by atoms with E-state index in [1.165, 1.54) is 5.56 Å². The van der Waals surface area contributed by atoms with Gasteiger partial charge in [0, 0.05) is 29.6 Å². The van der Waals surface area contributed by atoms with E-state index in [0.29, 0.717) is 18.2 Å². The highest BCUT2D eigenvalue weighted by Crippen LogP contribution is 2.34. The Balaban J connectivity index is 1.28. The van der Waals surface area contributed by atoms with Crippen LogP contribution in [0.5, 0.6) is 0 Å². The summed E-state index contributed by atoms with van der Waals surface area (Å²) in [5.41, 5.74) is 5.09. The zero-order chi connectivity index (χ0) is 18.2. The quantitative estimate of drug-likeness (QED) is 0.714. The molecular formula is C22H22N4O. The second kappa shape index (κ2) is 6.65. The van der Waals surface area contributed by atoms with Crippen LogP contribution in [-0.4, -0.2) is 28.9 Å². The van der Waals surface area contributed by atoms with E-state index in [1.807, 2.05) is 23.1 Å². The lowest BCUT2D eigenvalue weighted by atomic mass is 9.90. The molecule has 0 bridgehead atoms. The lowest BCUT2D eigenvalue weighted by Gasteiger charge is -2.31. The van der Waals surface area contributed by atoms with Crippen molar-refractivity contribution in [1.82, 2.24) is 9.88 Å². The second-order valence-electron chi connectivity index (χ2n) is 7.53. The van der Waals surface area contributed by atoms with Gasteiger partial charge in [0.15, 0.2) is 0 Å². The number of carbonyl (C=O) groups excluding carboxylic acids is 1. The molecule has 1 amide bonds. The zero-order valence-corrected chi connectivity index (χ0v) is 15.2. The van der Waals surface area contributed by atoms with Gasteiger partial charge in [0.1, 0.15) is 5.69 Å². The molecule has 0 radical (unpaired) electrons. The molecule has 2 aromatic carbocycles. The van der Waals surface area contributed by atoms with Gasteiger partial charge in [0.05, 0.1) is 12.2 Å². The number of aromatic amines is 1. The van der Waals surface area contributed by atoms with Crippen molar-refractivity contribution in [2.24, 2.45) is 16.1 Å². The molecule has 0 aliphatic carbocycles. The highest BCUT2D eigenvalue weighted by atomic mass is 16.2. The number of rotatable bonds is 3. The van der Waals surface area contributed by atoms with E-state index in [1.54, 1.807) is 0 Å². The van der Waals surface area contributed by atoms with Crippen molar-refractivity contribution >= 4 is 22.5 Å². The fourth-order valence-electron chi connectivity index (χ4n) is 4.27. The van der Waals surface area contributed by atoms with Crippen molar-refractivity contribution < 1.29 is 4.79 Å². The lowest BCUT2D eigenvalue weighted by Crippen LogP contribution is -2.39. The van der Waals surface area contributed by atoms with Crippen LogP contribution in [0.15, 0.2) is 58.8 Å². The molecule has 27 heavy (non-hydrogen) atoms. The van der Waals surface area contributed by atoms with Crippen molar-refractivity contribution in [3.8, 4) is 0 Å². The first-order chi connectivity index (χ1) is 13.3. The number of likely N-dealkylation sites (tertiary alicyclic amines) is 1. The number of nitrogens with one attached hydrogen (secondary N) is 1. The number of benzene rings is 2. The first-order valence-corrected chi connectivity index (χ1v) is 9.63. The fourth-order valence-corrected chi connectivity index (χ4v) is 4.27. The first kappa shape index (κ1) is 16.2. The highest BCUT2D eigenvalue weighted by molar-refractivity contribution is 6.00. The number of fused-ring (bicyclic) bond motifs is 3. The van der Waals surface area contributed by atoms with Gasteiger partial charge in [-0.05, 0) is 48.9 Å². The highest BCUT2D eigenvalue weighted by Gasteiger charge is 2.25. The summed E-state index contributed by atoms with van der Waals surface area (Å²) in [4.78, 5) is 18.3. The van der Waals surface area contributed by atoms with Crippen LogP contribution in [0.25, 0.3) is 10.9 Å². The molecule has 0 spiro atoms. The average Bonchev–Trinajstić information content (AvgIpc) is 3.35. The lowest BCUT2D eigenvalue weighted by molar-refractivity contribution is 0.0685. The first-order valence-electron chi connectivity index (χ1n) is 9.63. The SMILES string of the molecule is O=C(c1cc2c3c(ccc2[nH]1)N=NC3)N1CCC(Cc2ccccc2)CC1. The van der Waals surface area contributed by atoms with E-state index >= 15 is 0 Å². The number of amides is 1. The Hall–Kier alpha value is -2.95. The Morgan fingerprint density at radius 2 is 1.93 bits per heavy atom. The van der Waals surface area contributed by atoms with E-state index in [2.05, 4.69) is 45.5 Å². The van der Waals surface area contributed by atoms with Crippen LogP contribution in [0.1, 0.15) is 34.5 Å². The third kappa shape index (κ3) is 3.03. The molecule has 2 aliphatic heterocycles. The largest absolute Gasteiger partial charge is 0.351 e. The van der Waals surface area contributed by atoms with E-state index < -0.39 is 0 Å². The predicted molar refractivity (Wildman–Crippen MR) is 105 cm³/mol. The van der Waals surface area contributed by atoms with Gasteiger partial charge in [0.25, 0.3) is 5.91 Å². The summed E-state index contributed by atoms with van der Waals surface area (Å²) >= 11 is 0. The minimum Gasteiger partial charge on any atom is -0.351 e. The summed E-state index contributed by atoms with van der Waals surface area (Å²) in [7, 11) is 0. The Kier molecular flexibility index (Phi) is 4.00. The predicted octanol–water partition coefficient (Wildman–Crippen LogP) is 4.86. The summed E-state index contributed by atoms with van der Waals surface area (Å²) in [6.45, 7) is 2.26. The molecule has 3 aromatic rings. The van der Waals surface area contributed by atoms with Gasteiger partial charge in [-0.25, -0.2) is 0 Å². The number of hydrogen-bond acceptors (Lipinski definition) is 3. The molecule has 2 aliphatic rings. The number of hydrogen-bond donors (Lipinski definition) is 1. The average molecular weight is 358 g/mol. The summed E-state index contributed by atoms with van der Waals surface area (Å²) in [5.74, 6) is 0.760. The van der Waals surface area contributed by atoms with Crippen molar-refractivity contribution in [3.63, 3.8) is 0 Å². The third-order valence-electron chi connectivity index (χ3n) is 5.80. The number of azo groups is 1. The third-order valence-corrected chi connectivity index (χ3v) is 5.80. The molecule has 1 N–H and O–H groups in total. The van der Waals surface area contributed by atoms with E-state index in [9.17, 15) is 4.79 Å². The number of piperidine rings is 1. The molecule has 0 saturated carbocycles. The van der Waals surface area contributed by atoms with Gasteiger partial charge in [-0.3, -0.25) is 4.79 Å². The van der Waals surface area contributed by atoms with Gasteiger partial charge in [-0.15, -0.1) is 0 Å². The molecule has 5 heteroatoms. The number of aromatic nitrogens is 1. The molecule has 0 unspecified atom stereocenters. The van der Waals surface area contributed by atoms with E-state index in [4.69, 9.17) is 0 Å². The second-order valence-corrected chi connectivity index (χ2v) is 7.53. The Morgan fingerprint density at radius 1 is 1.11 bits per heavy atom. The molecule has 0 atom stereocenters.